The van der Waals surface area contributed by atoms with Gasteiger partial charge in [-0.05, 0) is 18.3 Å². The highest BCUT2D eigenvalue weighted by Crippen LogP contribution is 2.28. The van der Waals surface area contributed by atoms with E-state index in [4.69, 9.17) is 0 Å². The van der Waals surface area contributed by atoms with E-state index in [0.717, 1.165) is 11.8 Å². The number of hydrogen-bond donors (Lipinski definition) is 0. The van der Waals surface area contributed by atoms with Crippen molar-refractivity contribution in [2.24, 2.45) is 11.8 Å². The van der Waals surface area contributed by atoms with Crippen LogP contribution in [0.25, 0.3) is 0 Å². The van der Waals surface area contributed by atoms with Crippen molar-refractivity contribution in [3.8, 4) is 0 Å². The maximum atomic E-state index is 2.77. The van der Waals surface area contributed by atoms with Gasteiger partial charge in [-0.25, -0.2) is 0 Å². The van der Waals surface area contributed by atoms with Gasteiger partial charge in [0.25, 0.3) is 0 Å². The molecule has 0 spiro atoms. The van der Waals surface area contributed by atoms with Gasteiger partial charge in [0.15, 0.2) is 0 Å². The van der Waals surface area contributed by atoms with Crippen LogP contribution < -0.4 is 0 Å². The maximum Gasteiger partial charge on any atom is -0.0324 e. The molecule has 0 aliphatic heterocycles. The highest BCUT2D eigenvalue weighted by molar-refractivity contribution is 4.83. The molecule has 0 aromatic carbocycles. The second-order valence-electron chi connectivity index (χ2n) is 6.99. The molecule has 0 rings (SSSR count). The average Bonchev–Trinajstić information content (AvgIpc) is 2.49. The quantitative estimate of drug-likeness (QED) is 0.253. The molecule has 2 atom stereocenters. The third kappa shape index (κ3) is 13.4. The lowest BCUT2D eigenvalue weighted by Gasteiger charge is -2.23. The zero-order valence-electron chi connectivity index (χ0n) is 15.6. The molecule has 0 N–H and O–H groups in total. The first-order valence-electron chi connectivity index (χ1n) is 10.1. The van der Waals surface area contributed by atoms with Crippen LogP contribution in [0.4, 0.5) is 0 Å². The number of hydrogen-bond acceptors (Lipinski definition) is 0. The largest absolute Gasteiger partial charge is 0.0654 e. The second kappa shape index (κ2) is 16.4. The van der Waals surface area contributed by atoms with E-state index < -0.39 is 0 Å². The summed E-state index contributed by atoms with van der Waals surface area (Å²) in [6, 6.07) is 0. The van der Waals surface area contributed by atoms with Gasteiger partial charge in [0.05, 0.1) is 0 Å². The normalized spacial score (nSPS) is 14.3. The van der Waals surface area contributed by atoms with E-state index in [2.05, 4.69) is 34.1 Å². The van der Waals surface area contributed by atoms with Crippen LogP contribution in [-0.4, -0.2) is 0 Å². The lowest BCUT2D eigenvalue weighted by atomic mass is 9.82. The van der Waals surface area contributed by atoms with E-state index >= 15 is 0 Å². The smallest absolute Gasteiger partial charge is 0.0324 e. The molecular formula is C21H43. The van der Waals surface area contributed by atoms with Crippen LogP contribution in [0.2, 0.25) is 0 Å². The molecule has 127 valence electrons. The fourth-order valence-electron chi connectivity index (χ4n) is 3.37. The zero-order valence-corrected chi connectivity index (χ0v) is 15.6. The van der Waals surface area contributed by atoms with E-state index in [-0.39, 0.29) is 0 Å². The van der Waals surface area contributed by atoms with Gasteiger partial charge in [0.1, 0.15) is 0 Å². The highest BCUT2D eigenvalue weighted by Gasteiger charge is 2.15. The molecule has 0 nitrogen and oxygen atoms in total. The summed E-state index contributed by atoms with van der Waals surface area (Å²) >= 11 is 0. The van der Waals surface area contributed by atoms with Crippen molar-refractivity contribution < 1.29 is 0 Å². The molecule has 0 aromatic rings. The first-order valence-corrected chi connectivity index (χ1v) is 10.1. The minimum absolute atomic E-state index is 0.896. The van der Waals surface area contributed by atoms with Crippen molar-refractivity contribution in [2.45, 2.75) is 118 Å². The Hall–Kier alpha value is 0. The zero-order chi connectivity index (χ0) is 15.8. The van der Waals surface area contributed by atoms with Crippen molar-refractivity contribution in [1.82, 2.24) is 0 Å². The van der Waals surface area contributed by atoms with Crippen LogP contribution in [0, 0.1) is 18.3 Å². The summed E-state index contributed by atoms with van der Waals surface area (Å²) in [5, 5.41) is 0. The van der Waals surface area contributed by atoms with Crippen molar-refractivity contribution in [3.05, 3.63) is 6.42 Å². The average molecular weight is 296 g/mol. The Kier molecular flexibility index (Phi) is 16.4. The Morgan fingerprint density at radius 3 is 1.48 bits per heavy atom. The fourth-order valence-corrected chi connectivity index (χ4v) is 3.37. The minimum Gasteiger partial charge on any atom is -0.0654 e. The van der Waals surface area contributed by atoms with Crippen LogP contribution >= 0.6 is 0 Å². The van der Waals surface area contributed by atoms with Gasteiger partial charge >= 0.3 is 0 Å². The summed E-state index contributed by atoms with van der Waals surface area (Å²) in [4.78, 5) is 0. The van der Waals surface area contributed by atoms with E-state index in [1.165, 1.54) is 89.9 Å². The van der Waals surface area contributed by atoms with Gasteiger partial charge in [0, 0.05) is 0 Å². The van der Waals surface area contributed by atoms with Gasteiger partial charge in [-0.1, -0.05) is 118 Å². The maximum absolute atomic E-state index is 2.77. The van der Waals surface area contributed by atoms with E-state index in [9.17, 15) is 0 Å². The molecule has 1 radical (unpaired) electrons. The highest BCUT2D eigenvalue weighted by atomic mass is 14.2. The number of rotatable bonds is 16. The lowest BCUT2D eigenvalue weighted by molar-refractivity contribution is 0.378. The van der Waals surface area contributed by atoms with Gasteiger partial charge in [-0.2, -0.15) is 0 Å². The van der Waals surface area contributed by atoms with Crippen LogP contribution in [0.1, 0.15) is 118 Å². The van der Waals surface area contributed by atoms with E-state index in [1.54, 1.807) is 0 Å². The summed E-state index contributed by atoms with van der Waals surface area (Å²) in [7, 11) is 0. The van der Waals surface area contributed by atoms with Crippen LogP contribution in [0.5, 0.6) is 0 Å². The van der Waals surface area contributed by atoms with Gasteiger partial charge in [-0.15, -0.1) is 0 Å². The Morgan fingerprint density at radius 2 is 0.952 bits per heavy atom. The molecule has 0 fully saturated rings. The standard InChI is InChI=1S/C21H43/c1-5-9-12-13-14-18-21(17-11-7-3)19-20(15-8-4)16-10-6-2/h19-21H,5-18H2,1-4H3. The second-order valence-corrected chi connectivity index (χ2v) is 6.99. The van der Waals surface area contributed by atoms with Gasteiger partial charge in [-0.3, -0.25) is 0 Å². The molecule has 0 heterocycles. The molecule has 21 heavy (non-hydrogen) atoms. The Labute approximate surface area is 136 Å². The van der Waals surface area contributed by atoms with E-state index in [0.29, 0.717) is 0 Å². The molecule has 0 heteroatoms. The number of unbranched alkanes of at least 4 members (excludes halogenated alkanes) is 6. The summed E-state index contributed by atoms with van der Waals surface area (Å²) in [6.45, 7) is 9.31. The lowest BCUT2D eigenvalue weighted by Crippen LogP contribution is -2.11. The van der Waals surface area contributed by atoms with Crippen LogP contribution in [-0.2, 0) is 0 Å². The molecular weight excluding hydrogens is 252 g/mol. The summed E-state index contributed by atoms with van der Waals surface area (Å²) in [6.07, 6.45) is 22.6. The van der Waals surface area contributed by atoms with Crippen molar-refractivity contribution in [2.75, 3.05) is 0 Å². The minimum atomic E-state index is 0.896. The van der Waals surface area contributed by atoms with Gasteiger partial charge < -0.3 is 0 Å². The van der Waals surface area contributed by atoms with Crippen molar-refractivity contribution in [1.29, 1.82) is 0 Å². The summed E-state index contributed by atoms with van der Waals surface area (Å²) in [5.74, 6) is 1.80. The molecule has 0 aliphatic rings. The first-order chi connectivity index (χ1) is 10.3. The topological polar surface area (TPSA) is 0 Å². The Bertz CT molecular complexity index is 184. The molecule has 0 saturated heterocycles. The van der Waals surface area contributed by atoms with E-state index in [1.807, 2.05) is 0 Å². The predicted molar refractivity (Wildman–Crippen MR) is 98.6 cm³/mol. The predicted octanol–water partition coefficient (Wildman–Crippen LogP) is 7.96. The first kappa shape index (κ1) is 21.0. The third-order valence-corrected chi connectivity index (χ3v) is 4.74. The van der Waals surface area contributed by atoms with Crippen LogP contribution in [0.3, 0.4) is 0 Å². The van der Waals surface area contributed by atoms with Crippen molar-refractivity contribution >= 4 is 0 Å². The molecule has 2 unspecified atom stereocenters. The van der Waals surface area contributed by atoms with Crippen molar-refractivity contribution in [3.63, 3.8) is 0 Å². The molecule has 0 saturated carbocycles. The Balaban J connectivity index is 4.09. The monoisotopic (exact) mass is 295 g/mol. The fraction of sp³-hybridized carbons (Fsp3) is 0.952. The Morgan fingerprint density at radius 1 is 0.476 bits per heavy atom. The van der Waals surface area contributed by atoms with Gasteiger partial charge in [0.2, 0.25) is 0 Å². The SMILES string of the molecule is CCCCCCCC([CH]C(CCC)CCCC)CCCC. The summed E-state index contributed by atoms with van der Waals surface area (Å²) < 4.78 is 0. The molecule has 0 aliphatic carbocycles. The molecule has 0 aromatic heterocycles. The molecule has 0 amide bonds. The molecule has 0 bridgehead atoms. The third-order valence-electron chi connectivity index (χ3n) is 4.74. The summed E-state index contributed by atoms with van der Waals surface area (Å²) in [5.41, 5.74) is 0. The van der Waals surface area contributed by atoms with Crippen LogP contribution in [0.15, 0.2) is 0 Å².